The molecule has 0 fully saturated rings. The van der Waals surface area contributed by atoms with Gasteiger partial charge in [-0.2, -0.15) is 11.8 Å². The molecule has 0 atom stereocenters. The molecular formula is C4H9N3S. The van der Waals surface area contributed by atoms with Crippen molar-refractivity contribution in [3.8, 4) is 0 Å². The van der Waals surface area contributed by atoms with Gasteiger partial charge >= 0.3 is 0 Å². The van der Waals surface area contributed by atoms with Crippen LogP contribution in [0.5, 0.6) is 0 Å². The number of thioether (sulfide) groups is 1. The Morgan fingerprint density at radius 1 is 1.75 bits per heavy atom. The number of azide groups is 1. The SMILES string of the molecule is CSCCCN=[N+]=[N-]. The lowest BCUT2D eigenvalue weighted by atomic mass is 10.5. The molecule has 0 aliphatic carbocycles. The molecule has 0 unspecified atom stereocenters. The normalized spacial score (nSPS) is 8.12. The predicted octanol–water partition coefficient (Wildman–Crippen LogP) is 2.05. The Morgan fingerprint density at radius 2 is 2.50 bits per heavy atom. The Bertz CT molecular complexity index is 87.3. The molecule has 0 spiro atoms. The fraction of sp³-hybridized carbons (Fsp3) is 1.00. The van der Waals surface area contributed by atoms with Crippen molar-refractivity contribution in [2.75, 3.05) is 18.6 Å². The van der Waals surface area contributed by atoms with Crippen LogP contribution < -0.4 is 0 Å². The average molecular weight is 131 g/mol. The van der Waals surface area contributed by atoms with E-state index in [2.05, 4.69) is 10.0 Å². The lowest BCUT2D eigenvalue weighted by Gasteiger charge is -1.87. The Balaban J connectivity index is 2.82. The van der Waals surface area contributed by atoms with Crippen LogP contribution in [0.4, 0.5) is 0 Å². The fourth-order valence-electron chi connectivity index (χ4n) is 0.324. The Kier molecular flexibility index (Phi) is 6.38. The summed E-state index contributed by atoms with van der Waals surface area (Å²) < 4.78 is 0. The van der Waals surface area contributed by atoms with Gasteiger partial charge in [0.1, 0.15) is 0 Å². The van der Waals surface area contributed by atoms with E-state index in [9.17, 15) is 0 Å². The van der Waals surface area contributed by atoms with Crippen LogP contribution in [-0.4, -0.2) is 18.6 Å². The third-order valence-electron chi connectivity index (χ3n) is 0.670. The molecule has 0 aliphatic heterocycles. The van der Waals surface area contributed by atoms with Gasteiger partial charge in [0.15, 0.2) is 0 Å². The highest BCUT2D eigenvalue weighted by atomic mass is 32.2. The molecule has 0 radical (unpaired) electrons. The Labute approximate surface area is 53.1 Å². The van der Waals surface area contributed by atoms with E-state index in [1.807, 2.05) is 6.26 Å². The standard InChI is InChI=1S/C4H9N3S/c1-8-4-2-3-6-7-5/h2-4H2,1H3. The van der Waals surface area contributed by atoms with Crippen molar-refractivity contribution in [2.24, 2.45) is 5.11 Å². The molecular weight excluding hydrogens is 122 g/mol. The first kappa shape index (κ1) is 7.66. The van der Waals surface area contributed by atoms with Crippen molar-refractivity contribution in [3.63, 3.8) is 0 Å². The zero-order chi connectivity index (χ0) is 6.24. The highest BCUT2D eigenvalue weighted by molar-refractivity contribution is 7.98. The van der Waals surface area contributed by atoms with Crippen molar-refractivity contribution in [3.05, 3.63) is 10.4 Å². The quantitative estimate of drug-likeness (QED) is 0.249. The molecule has 0 rings (SSSR count). The second-order valence-electron chi connectivity index (χ2n) is 1.30. The maximum Gasteiger partial charge on any atom is 0.0265 e. The number of nitrogens with zero attached hydrogens (tertiary/aromatic N) is 3. The smallest absolute Gasteiger partial charge is 0.0265 e. The van der Waals surface area contributed by atoms with Crippen LogP contribution in [0.1, 0.15) is 6.42 Å². The first-order chi connectivity index (χ1) is 3.91. The van der Waals surface area contributed by atoms with Gasteiger partial charge in [0.05, 0.1) is 0 Å². The first-order valence-electron chi connectivity index (χ1n) is 2.41. The number of rotatable bonds is 4. The summed E-state index contributed by atoms with van der Waals surface area (Å²) >= 11 is 1.77. The molecule has 0 amide bonds. The molecule has 46 valence electrons. The number of hydrogen-bond donors (Lipinski definition) is 0. The van der Waals surface area contributed by atoms with Crippen LogP contribution in [0.3, 0.4) is 0 Å². The average Bonchev–Trinajstić information content (AvgIpc) is 1.81. The molecule has 0 aromatic rings. The molecule has 8 heavy (non-hydrogen) atoms. The molecule has 0 saturated heterocycles. The van der Waals surface area contributed by atoms with Crippen LogP contribution in [0.2, 0.25) is 0 Å². The minimum Gasteiger partial charge on any atom is -0.165 e. The largest absolute Gasteiger partial charge is 0.165 e. The Morgan fingerprint density at radius 3 is 3.00 bits per heavy atom. The molecule has 0 aliphatic rings. The van der Waals surface area contributed by atoms with Gasteiger partial charge in [-0.3, -0.25) is 0 Å². The minimum atomic E-state index is 0.636. The van der Waals surface area contributed by atoms with Crippen molar-refractivity contribution >= 4 is 11.8 Å². The van der Waals surface area contributed by atoms with Crippen LogP contribution in [0, 0.1) is 0 Å². The second-order valence-corrected chi connectivity index (χ2v) is 2.29. The summed E-state index contributed by atoms with van der Waals surface area (Å²) in [6, 6.07) is 0. The van der Waals surface area contributed by atoms with Crippen molar-refractivity contribution < 1.29 is 0 Å². The summed E-state index contributed by atoms with van der Waals surface area (Å²) in [4.78, 5) is 2.62. The van der Waals surface area contributed by atoms with Gasteiger partial charge in [0.2, 0.25) is 0 Å². The molecule has 0 aromatic carbocycles. The van der Waals surface area contributed by atoms with Crippen LogP contribution >= 0.6 is 11.8 Å². The third-order valence-corrected chi connectivity index (χ3v) is 1.37. The highest BCUT2D eigenvalue weighted by Crippen LogP contribution is 1.94. The monoisotopic (exact) mass is 131 g/mol. The van der Waals surface area contributed by atoms with E-state index in [1.165, 1.54) is 0 Å². The Hall–Kier alpha value is -0.340. The first-order valence-corrected chi connectivity index (χ1v) is 3.81. The summed E-state index contributed by atoms with van der Waals surface area (Å²) in [6.07, 6.45) is 3.03. The summed E-state index contributed by atoms with van der Waals surface area (Å²) in [6.45, 7) is 0.636. The van der Waals surface area contributed by atoms with Gasteiger partial charge in [-0.1, -0.05) is 5.11 Å². The topological polar surface area (TPSA) is 48.8 Å². The highest BCUT2D eigenvalue weighted by Gasteiger charge is 1.79. The molecule has 0 bridgehead atoms. The van der Waals surface area contributed by atoms with Crippen LogP contribution in [0.15, 0.2) is 5.11 Å². The third kappa shape index (κ3) is 5.66. The van der Waals surface area contributed by atoms with Crippen LogP contribution in [0.25, 0.3) is 10.4 Å². The van der Waals surface area contributed by atoms with E-state index in [1.54, 1.807) is 11.8 Å². The predicted molar refractivity (Wildman–Crippen MR) is 37.0 cm³/mol. The molecule has 0 heterocycles. The van der Waals surface area contributed by atoms with E-state index in [0.29, 0.717) is 6.54 Å². The van der Waals surface area contributed by atoms with E-state index in [0.717, 1.165) is 12.2 Å². The second kappa shape index (κ2) is 6.66. The summed E-state index contributed by atoms with van der Waals surface area (Å²) in [5, 5.41) is 3.38. The van der Waals surface area contributed by atoms with Crippen molar-refractivity contribution in [2.45, 2.75) is 6.42 Å². The van der Waals surface area contributed by atoms with Gasteiger partial charge in [0, 0.05) is 11.5 Å². The minimum absolute atomic E-state index is 0.636. The summed E-state index contributed by atoms with van der Waals surface area (Å²) in [5.41, 5.74) is 7.82. The van der Waals surface area contributed by atoms with Crippen molar-refractivity contribution in [1.82, 2.24) is 0 Å². The van der Waals surface area contributed by atoms with E-state index < -0.39 is 0 Å². The van der Waals surface area contributed by atoms with Crippen LogP contribution in [-0.2, 0) is 0 Å². The maximum atomic E-state index is 7.82. The van der Waals surface area contributed by atoms with Gasteiger partial charge in [0.25, 0.3) is 0 Å². The zero-order valence-corrected chi connectivity index (χ0v) is 5.69. The molecule has 0 aromatic heterocycles. The maximum absolute atomic E-state index is 7.82. The lowest BCUT2D eigenvalue weighted by Crippen LogP contribution is -1.80. The molecule has 3 nitrogen and oxygen atoms in total. The van der Waals surface area contributed by atoms with E-state index >= 15 is 0 Å². The summed E-state index contributed by atoms with van der Waals surface area (Å²) in [5.74, 6) is 1.08. The molecule has 0 saturated carbocycles. The lowest BCUT2D eigenvalue weighted by molar-refractivity contribution is 0.933. The van der Waals surface area contributed by atoms with Gasteiger partial charge in [-0.25, -0.2) is 0 Å². The van der Waals surface area contributed by atoms with E-state index in [-0.39, 0.29) is 0 Å². The molecule has 4 heteroatoms. The number of hydrogen-bond acceptors (Lipinski definition) is 2. The summed E-state index contributed by atoms with van der Waals surface area (Å²) in [7, 11) is 0. The van der Waals surface area contributed by atoms with Gasteiger partial charge < -0.3 is 0 Å². The zero-order valence-electron chi connectivity index (χ0n) is 4.87. The fourth-order valence-corrected chi connectivity index (χ4v) is 0.742. The van der Waals surface area contributed by atoms with Gasteiger partial charge in [-0.15, -0.1) is 0 Å². The van der Waals surface area contributed by atoms with Gasteiger partial charge in [-0.05, 0) is 24.0 Å². The molecule has 0 N–H and O–H groups in total. The van der Waals surface area contributed by atoms with E-state index in [4.69, 9.17) is 5.53 Å². The van der Waals surface area contributed by atoms with Crippen molar-refractivity contribution in [1.29, 1.82) is 0 Å².